The Kier molecular flexibility index (Phi) is 1.78. The van der Waals surface area contributed by atoms with Crippen LogP contribution in [0.3, 0.4) is 0 Å². The van der Waals surface area contributed by atoms with Gasteiger partial charge in [-0.05, 0) is 6.42 Å². The van der Waals surface area contributed by atoms with Crippen molar-refractivity contribution in [1.29, 1.82) is 0 Å². The van der Waals surface area contributed by atoms with Gasteiger partial charge in [-0.2, -0.15) is 8.42 Å². The van der Waals surface area contributed by atoms with Crippen LogP contribution in [0.25, 0.3) is 0 Å². The molecule has 0 heterocycles. The summed E-state index contributed by atoms with van der Waals surface area (Å²) in [6, 6.07) is 0. The van der Waals surface area contributed by atoms with Crippen LogP contribution in [0, 0.1) is 0 Å². The van der Waals surface area contributed by atoms with Crippen molar-refractivity contribution in [1.82, 2.24) is 0 Å². The first-order valence-electron chi connectivity index (χ1n) is 3.10. The number of aliphatic hydroxyl groups is 1. The van der Waals surface area contributed by atoms with E-state index in [0.29, 0.717) is 6.42 Å². The number of rotatable bonds is 1. The number of carbonyl (C=O) groups excluding carboxylic acids is 1. The van der Waals surface area contributed by atoms with Crippen molar-refractivity contribution >= 4 is 15.9 Å². The summed E-state index contributed by atoms with van der Waals surface area (Å²) < 4.78 is 29.3. The Balaban J connectivity index is 3.10. The Labute approximate surface area is 63.8 Å². The summed E-state index contributed by atoms with van der Waals surface area (Å²) in [5.41, 5.74) is 0. The van der Waals surface area contributed by atoms with Crippen LogP contribution in [0.5, 0.6) is 0 Å². The van der Waals surface area contributed by atoms with Crippen LogP contribution in [0.15, 0.2) is 0 Å². The molecule has 11 heavy (non-hydrogen) atoms. The Bertz CT molecular complexity index is 279. The highest BCUT2D eigenvalue weighted by Crippen LogP contribution is 2.30. The SMILES string of the molecule is O=C1CCCC1(O)S(=O)(=O)O. The second-order valence-electron chi connectivity index (χ2n) is 2.54. The van der Waals surface area contributed by atoms with Gasteiger partial charge in [0.2, 0.25) is 4.93 Å². The van der Waals surface area contributed by atoms with E-state index in [9.17, 15) is 13.2 Å². The molecule has 0 aromatic carbocycles. The Morgan fingerprint density at radius 1 is 1.45 bits per heavy atom. The predicted octanol–water partition coefficient (Wildman–Crippen LogP) is -0.684. The first-order valence-corrected chi connectivity index (χ1v) is 4.54. The van der Waals surface area contributed by atoms with Crippen LogP contribution in [0.2, 0.25) is 0 Å². The molecule has 1 fully saturated rings. The highest BCUT2D eigenvalue weighted by molar-refractivity contribution is 7.87. The fourth-order valence-corrected chi connectivity index (χ4v) is 1.89. The molecule has 1 atom stereocenters. The molecule has 0 aliphatic heterocycles. The summed E-state index contributed by atoms with van der Waals surface area (Å²) >= 11 is 0. The number of hydrogen-bond donors (Lipinski definition) is 2. The molecule has 0 spiro atoms. The molecule has 64 valence electrons. The third kappa shape index (κ3) is 1.17. The van der Waals surface area contributed by atoms with E-state index in [2.05, 4.69) is 0 Å². The molecule has 1 aliphatic carbocycles. The zero-order valence-electron chi connectivity index (χ0n) is 5.65. The Morgan fingerprint density at radius 3 is 2.18 bits per heavy atom. The minimum absolute atomic E-state index is 0.0102. The van der Waals surface area contributed by atoms with Gasteiger partial charge < -0.3 is 5.11 Å². The molecule has 0 aromatic rings. The van der Waals surface area contributed by atoms with E-state index in [0.717, 1.165) is 0 Å². The van der Waals surface area contributed by atoms with Crippen LogP contribution in [0.4, 0.5) is 0 Å². The fourth-order valence-electron chi connectivity index (χ4n) is 1.10. The van der Waals surface area contributed by atoms with Gasteiger partial charge >= 0.3 is 10.1 Å². The van der Waals surface area contributed by atoms with E-state index < -0.39 is 20.8 Å². The van der Waals surface area contributed by atoms with Crippen molar-refractivity contribution < 1.29 is 22.9 Å². The second kappa shape index (κ2) is 2.26. The predicted molar refractivity (Wildman–Crippen MR) is 35.4 cm³/mol. The first-order chi connectivity index (χ1) is 4.88. The average molecular weight is 180 g/mol. The maximum absolute atomic E-state index is 10.8. The lowest BCUT2D eigenvalue weighted by molar-refractivity contribution is -0.127. The number of hydrogen-bond acceptors (Lipinski definition) is 4. The smallest absolute Gasteiger partial charge is 0.302 e. The molecule has 1 aliphatic rings. The lowest BCUT2D eigenvalue weighted by atomic mass is 10.3. The summed E-state index contributed by atoms with van der Waals surface area (Å²) in [6.07, 6.45) is 0.107. The minimum atomic E-state index is -4.65. The maximum Gasteiger partial charge on any atom is 0.302 e. The molecule has 0 radical (unpaired) electrons. The van der Waals surface area contributed by atoms with Crippen molar-refractivity contribution in [3.63, 3.8) is 0 Å². The van der Waals surface area contributed by atoms with Crippen molar-refractivity contribution in [3.05, 3.63) is 0 Å². The summed E-state index contributed by atoms with van der Waals surface area (Å²) in [5, 5.41) is 9.11. The molecule has 6 heteroatoms. The second-order valence-corrected chi connectivity index (χ2v) is 4.16. The van der Waals surface area contributed by atoms with Crippen molar-refractivity contribution in [2.45, 2.75) is 24.2 Å². The summed E-state index contributed by atoms with van der Waals surface area (Å²) in [5.74, 6) is -0.819. The number of ketones is 1. The third-order valence-electron chi connectivity index (χ3n) is 1.78. The lowest BCUT2D eigenvalue weighted by Crippen LogP contribution is -2.41. The van der Waals surface area contributed by atoms with E-state index in [1.807, 2.05) is 0 Å². The molecule has 0 bridgehead atoms. The molecular formula is C5H8O5S. The van der Waals surface area contributed by atoms with Gasteiger partial charge in [0.25, 0.3) is 0 Å². The van der Waals surface area contributed by atoms with Crippen molar-refractivity contribution in [3.8, 4) is 0 Å². The van der Waals surface area contributed by atoms with Gasteiger partial charge in [0.1, 0.15) is 0 Å². The zero-order valence-corrected chi connectivity index (χ0v) is 6.47. The topological polar surface area (TPSA) is 91.7 Å². The number of Topliss-reactive ketones (excluding diaryl/α,β-unsaturated/α-hetero) is 1. The van der Waals surface area contributed by atoms with E-state index >= 15 is 0 Å². The standard InChI is InChI=1S/C5H8O5S/c6-4-2-1-3-5(4,7)11(8,9)10/h7H,1-3H2,(H,8,9,10). The number of carbonyl (C=O) groups is 1. The molecule has 0 saturated heterocycles. The van der Waals surface area contributed by atoms with Gasteiger partial charge in [0, 0.05) is 12.8 Å². The Hall–Kier alpha value is -0.460. The van der Waals surface area contributed by atoms with Crippen molar-refractivity contribution in [2.24, 2.45) is 0 Å². The average Bonchev–Trinajstić information content (AvgIpc) is 2.12. The van der Waals surface area contributed by atoms with Gasteiger partial charge in [-0.25, -0.2) is 0 Å². The van der Waals surface area contributed by atoms with Gasteiger partial charge in [-0.3, -0.25) is 9.35 Å². The lowest BCUT2D eigenvalue weighted by Gasteiger charge is -2.15. The molecular weight excluding hydrogens is 172 g/mol. The van der Waals surface area contributed by atoms with Gasteiger partial charge in [0.05, 0.1) is 0 Å². The normalized spacial score (nSPS) is 32.7. The van der Waals surface area contributed by atoms with Crippen LogP contribution in [-0.2, 0) is 14.9 Å². The minimum Gasteiger partial charge on any atom is -0.367 e. The van der Waals surface area contributed by atoms with E-state index in [1.165, 1.54) is 0 Å². The van der Waals surface area contributed by atoms with Gasteiger partial charge in [0.15, 0.2) is 5.78 Å². The highest BCUT2D eigenvalue weighted by atomic mass is 32.2. The fraction of sp³-hybridized carbons (Fsp3) is 0.800. The van der Waals surface area contributed by atoms with Crippen molar-refractivity contribution in [2.75, 3.05) is 0 Å². The van der Waals surface area contributed by atoms with E-state index in [4.69, 9.17) is 9.66 Å². The molecule has 0 aromatic heterocycles. The van der Waals surface area contributed by atoms with E-state index in [-0.39, 0.29) is 12.8 Å². The summed E-state index contributed by atoms with van der Waals surface area (Å²) in [4.78, 5) is 8.23. The third-order valence-corrected chi connectivity index (χ3v) is 3.07. The monoisotopic (exact) mass is 180 g/mol. The summed E-state index contributed by atoms with van der Waals surface area (Å²) in [7, 11) is -4.65. The first kappa shape index (κ1) is 8.63. The van der Waals surface area contributed by atoms with Crippen LogP contribution >= 0.6 is 0 Å². The molecule has 5 nitrogen and oxygen atoms in total. The van der Waals surface area contributed by atoms with E-state index in [1.54, 1.807) is 0 Å². The molecule has 1 rings (SSSR count). The largest absolute Gasteiger partial charge is 0.367 e. The van der Waals surface area contributed by atoms with Crippen LogP contribution in [0.1, 0.15) is 19.3 Å². The van der Waals surface area contributed by atoms with Gasteiger partial charge in [-0.1, -0.05) is 0 Å². The molecule has 2 N–H and O–H groups in total. The van der Waals surface area contributed by atoms with Crippen LogP contribution in [-0.4, -0.2) is 28.8 Å². The molecule has 1 unspecified atom stereocenters. The van der Waals surface area contributed by atoms with Gasteiger partial charge in [-0.15, -0.1) is 0 Å². The molecule has 0 amide bonds. The highest BCUT2D eigenvalue weighted by Gasteiger charge is 2.50. The maximum atomic E-state index is 10.8. The van der Waals surface area contributed by atoms with Crippen LogP contribution < -0.4 is 0 Å². The quantitative estimate of drug-likeness (QED) is 0.521. The summed E-state index contributed by atoms with van der Waals surface area (Å²) in [6.45, 7) is 0. The Morgan fingerprint density at radius 2 is 2.00 bits per heavy atom. The zero-order chi connectivity index (χ0) is 8.70. The molecule has 1 saturated carbocycles.